The third kappa shape index (κ3) is 5.89. The molecule has 3 rings (SSSR count). The number of hydrogen-bond acceptors (Lipinski definition) is 5. The van der Waals surface area contributed by atoms with Gasteiger partial charge in [-0.25, -0.2) is 0 Å². The summed E-state index contributed by atoms with van der Waals surface area (Å²) in [5.41, 5.74) is 1.80. The Labute approximate surface area is 183 Å². The molecule has 1 aromatic heterocycles. The van der Waals surface area contributed by atoms with Crippen molar-refractivity contribution in [2.45, 2.75) is 26.5 Å². The van der Waals surface area contributed by atoms with Gasteiger partial charge in [-0.3, -0.25) is 9.69 Å². The molecule has 31 heavy (non-hydrogen) atoms. The Morgan fingerprint density at radius 2 is 1.77 bits per heavy atom. The first-order valence-corrected chi connectivity index (χ1v) is 10.6. The summed E-state index contributed by atoms with van der Waals surface area (Å²) in [6.45, 7) is 6.68. The lowest BCUT2D eigenvalue weighted by atomic mass is 10.0. The first kappa shape index (κ1) is 22.4. The Bertz CT molecular complexity index is 951. The number of hydrogen-bond donors (Lipinski definition) is 1. The molecular weight excluding hydrogens is 392 g/mol. The van der Waals surface area contributed by atoms with E-state index in [4.69, 9.17) is 13.9 Å². The van der Waals surface area contributed by atoms with Crippen LogP contribution in [0.5, 0.6) is 11.5 Å². The lowest BCUT2D eigenvalue weighted by Gasteiger charge is -2.30. The van der Waals surface area contributed by atoms with E-state index >= 15 is 0 Å². The van der Waals surface area contributed by atoms with E-state index in [0.29, 0.717) is 12.1 Å². The minimum Gasteiger partial charge on any atom is -0.497 e. The first-order valence-electron chi connectivity index (χ1n) is 10.6. The van der Waals surface area contributed by atoms with Crippen molar-refractivity contribution in [2.75, 3.05) is 26.7 Å². The van der Waals surface area contributed by atoms with Gasteiger partial charge >= 0.3 is 0 Å². The number of amides is 1. The maximum atomic E-state index is 12.9. The third-order valence-electron chi connectivity index (χ3n) is 5.28. The molecule has 6 heteroatoms. The molecule has 1 atom stereocenters. The molecule has 1 N–H and O–H groups in total. The Morgan fingerprint density at radius 3 is 2.48 bits per heavy atom. The molecule has 1 amide bonds. The van der Waals surface area contributed by atoms with E-state index in [2.05, 4.69) is 30.1 Å². The molecule has 0 aliphatic rings. The molecule has 0 fully saturated rings. The zero-order valence-corrected chi connectivity index (χ0v) is 18.3. The Balaban J connectivity index is 1.69. The van der Waals surface area contributed by atoms with Crippen LogP contribution >= 0.6 is 0 Å². The highest BCUT2D eigenvalue weighted by Crippen LogP contribution is 2.24. The van der Waals surface area contributed by atoms with Crippen LogP contribution in [-0.4, -0.2) is 37.6 Å². The van der Waals surface area contributed by atoms with E-state index in [9.17, 15) is 4.79 Å². The van der Waals surface area contributed by atoms with Gasteiger partial charge in [0.2, 0.25) is 0 Å². The van der Waals surface area contributed by atoms with Crippen LogP contribution in [0.15, 0.2) is 71.3 Å². The van der Waals surface area contributed by atoms with Crippen LogP contribution in [0.2, 0.25) is 0 Å². The smallest absolute Gasteiger partial charge is 0.287 e. The highest BCUT2D eigenvalue weighted by molar-refractivity contribution is 5.92. The van der Waals surface area contributed by atoms with Crippen LogP contribution < -0.4 is 14.8 Å². The maximum Gasteiger partial charge on any atom is 0.287 e. The van der Waals surface area contributed by atoms with Crippen molar-refractivity contribution >= 4 is 5.91 Å². The summed E-state index contributed by atoms with van der Waals surface area (Å²) in [4.78, 5) is 15.2. The molecule has 3 aromatic rings. The lowest BCUT2D eigenvalue weighted by molar-refractivity contribution is 0.0903. The number of benzene rings is 2. The van der Waals surface area contributed by atoms with Crippen molar-refractivity contribution in [1.82, 2.24) is 10.2 Å². The van der Waals surface area contributed by atoms with Crippen LogP contribution in [0.3, 0.4) is 0 Å². The SMILES string of the molecule is CCN(CC)C(CNC(=O)c1occc1COc1ccccc1)c1cccc(OC)c1. The highest BCUT2D eigenvalue weighted by Gasteiger charge is 2.22. The Morgan fingerprint density at radius 1 is 1.03 bits per heavy atom. The van der Waals surface area contributed by atoms with Crippen molar-refractivity contribution in [3.8, 4) is 11.5 Å². The number of furan rings is 1. The van der Waals surface area contributed by atoms with Gasteiger partial charge in [-0.15, -0.1) is 0 Å². The molecule has 0 radical (unpaired) electrons. The zero-order chi connectivity index (χ0) is 22.1. The maximum absolute atomic E-state index is 12.9. The quantitative estimate of drug-likeness (QED) is 0.486. The second-order valence-corrected chi connectivity index (χ2v) is 7.10. The first-order chi connectivity index (χ1) is 15.2. The number of rotatable bonds is 11. The summed E-state index contributed by atoms with van der Waals surface area (Å²) in [5.74, 6) is 1.57. The van der Waals surface area contributed by atoms with Gasteiger partial charge in [0.1, 0.15) is 18.1 Å². The average molecular weight is 423 g/mol. The molecule has 0 saturated heterocycles. The number of likely N-dealkylation sites (N-methyl/N-ethyl adjacent to an activating group) is 1. The fourth-order valence-electron chi connectivity index (χ4n) is 3.57. The van der Waals surface area contributed by atoms with Crippen molar-refractivity contribution in [3.05, 3.63) is 83.8 Å². The Kier molecular flexibility index (Phi) is 8.12. The zero-order valence-electron chi connectivity index (χ0n) is 18.3. The van der Waals surface area contributed by atoms with Crippen LogP contribution in [0, 0.1) is 0 Å². The summed E-state index contributed by atoms with van der Waals surface area (Å²) in [6.07, 6.45) is 1.52. The predicted octanol–water partition coefficient (Wildman–Crippen LogP) is 4.68. The van der Waals surface area contributed by atoms with Crippen molar-refractivity contribution in [1.29, 1.82) is 0 Å². The molecule has 164 valence electrons. The number of para-hydroxylation sites is 1. The monoisotopic (exact) mass is 422 g/mol. The summed E-state index contributed by atoms with van der Waals surface area (Å²) >= 11 is 0. The van der Waals surface area contributed by atoms with E-state index < -0.39 is 0 Å². The number of carbonyl (C=O) groups excluding carboxylic acids is 1. The molecular formula is C25H30N2O4. The predicted molar refractivity (Wildman–Crippen MR) is 120 cm³/mol. The molecule has 6 nitrogen and oxygen atoms in total. The highest BCUT2D eigenvalue weighted by atomic mass is 16.5. The summed E-state index contributed by atoms with van der Waals surface area (Å²) in [7, 11) is 1.66. The van der Waals surface area contributed by atoms with E-state index in [1.807, 2.05) is 48.5 Å². The minimum absolute atomic E-state index is 0.0213. The number of carbonyl (C=O) groups is 1. The molecule has 1 heterocycles. The largest absolute Gasteiger partial charge is 0.497 e. The van der Waals surface area contributed by atoms with Gasteiger partial charge in [0.15, 0.2) is 5.76 Å². The fourth-order valence-corrected chi connectivity index (χ4v) is 3.57. The van der Waals surface area contributed by atoms with Crippen LogP contribution in [-0.2, 0) is 6.61 Å². The van der Waals surface area contributed by atoms with Crippen LogP contribution in [0.4, 0.5) is 0 Å². The van der Waals surface area contributed by atoms with E-state index in [0.717, 1.165) is 30.2 Å². The number of nitrogens with one attached hydrogen (secondary N) is 1. The molecule has 0 bridgehead atoms. The van der Waals surface area contributed by atoms with Crippen molar-refractivity contribution in [3.63, 3.8) is 0 Å². The van der Waals surface area contributed by atoms with Gasteiger partial charge in [0.25, 0.3) is 5.91 Å². The lowest BCUT2D eigenvalue weighted by Crippen LogP contribution is -2.38. The van der Waals surface area contributed by atoms with Crippen LogP contribution in [0.1, 0.15) is 41.6 Å². The van der Waals surface area contributed by atoms with E-state index in [-0.39, 0.29) is 24.3 Å². The average Bonchev–Trinajstić information content (AvgIpc) is 3.29. The summed E-state index contributed by atoms with van der Waals surface area (Å²) < 4.78 is 16.6. The summed E-state index contributed by atoms with van der Waals surface area (Å²) in [6, 6.07) is 19.2. The van der Waals surface area contributed by atoms with E-state index in [1.165, 1.54) is 6.26 Å². The van der Waals surface area contributed by atoms with Crippen LogP contribution in [0.25, 0.3) is 0 Å². The molecule has 0 aliphatic heterocycles. The molecule has 2 aromatic carbocycles. The van der Waals surface area contributed by atoms with Gasteiger partial charge in [0.05, 0.1) is 19.4 Å². The number of methoxy groups -OCH3 is 1. The normalized spacial score (nSPS) is 11.9. The molecule has 0 spiro atoms. The topological polar surface area (TPSA) is 63.9 Å². The van der Waals surface area contributed by atoms with Crippen molar-refractivity contribution in [2.24, 2.45) is 0 Å². The summed E-state index contributed by atoms with van der Waals surface area (Å²) in [5, 5.41) is 3.04. The number of ether oxygens (including phenoxy) is 2. The van der Waals surface area contributed by atoms with Gasteiger partial charge < -0.3 is 19.2 Å². The minimum atomic E-state index is -0.253. The Hall–Kier alpha value is -3.25. The standard InChI is InChI=1S/C25H30N2O4/c1-4-27(5-2)23(19-10-9-13-22(16-19)29-3)17-26-25(28)24-20(14-15-30-24)18-31-21-11-7-6-8-12-21/h6-16,23H,4-5,17-18H2,1-3H3,(H,26,28). The second-order valence-electron chi connectivity index (χ2n) is 7.10. The second kappa shape index (κ2) is 11.2. The fraction of sp³-hybridized carbons (Fsp3) is 0.320. The van der Waals surface area contributed by atoms with Gasteiger partial charge in [-0.2, -0.15) is 0 Å². The molecule has 0 aliphatic carbocycles. The third-order valence-corrected chi connectivity index (χ3v) is 5.28. The number of nitrogens with zero attached hydrogens (tertiary/aromatic N) is 1. The van der Waals surface area contributed by atoms with Gasteiger partial charge in [0, 0.05) is 12.1 Å². The van der Waals surface area contributed by atoms with Gasteiger partial charge in [-0.05, 0) is 49.0 Å². The molecule has 1 unspecified atom stereocenters. The van der Waals surface area contributed by atoms with Gasteiger partial charge in [-0.1, -0.05) is 44.2 Å². The molecule has 0 saturated carbocycles. The van der Waals surface area contributed by atoms with Crippen molar-refractivity contribution < 1.29 is 18.7 Å². The van der Waals surface area contributed by atoms with E-state index in [1.54, 1.807) is 13.2 Å².